The van der Waals surface area contributed by atoms with E-state index in [1.807, 2.05) is 18.2 Å². The van der Waals surface area contributed by atoms with Crippen LogP contribution in [-0.2, 0) is 14.3 Å². The normalized spacial score (nSPS) is 17.7. The topological polar surface area (TPSA) is 68.8 Å². The summed E-state index contributed by atoms with van der Waals surface area (Å²) in [6, 6.07) is 6.99. The van der Waals surface area contributed by atoms with Crippen LogP contribution in [-0.4, -0.2) is 52.0 Å². The number of rotatable bonds is 6. The largest absolute Gasteiger partial charge is 0.491 e. The number of hydrogen-bond acceptors (Lipinski definition) is 5. The van der Waals surface area contributed by atoms with Gasteiger partial charge < -0.3 is 24.8 Å². The lowest BCUT2D eigenvalue weighted by atomic mass is 10.2. The van der Waals surface area contributed by atoms with E-state index in [0.29, 0.717) is 44.4 Å². The third-order valence-corrected chi connectivity index (χ3v) is 2.90. The van der Waals surface area contributed by atoms with E-state index in [0.717, 1.165) is 0 Å². The fourth-order valence-corrected chi connectivity index (χ4v) is 1.87. The molecular formula is C14H21ClN2O4. The molecule has 0 spiro atoms. The number of carbonyl (C=O) groups excluding carboxylic acids is 1. The molecule has 1 aliphatic heterocycles. The van der Waals surface area contributed by atoms with Gasteiger partial charge in [-0.05, 0) is 12.1 Å². The second-order valence-electron chi connectivity index (χ2n) is 4.44. The van der Waals surface area contributed by atoms with Crippen LogP contribution in [0.15, 0.2) is 24.3 Å². The fourth-order valence-electron chi connectivity index (χ4n) is 1.87. The summed E-state index contributed by atoms with van der Waals surface area (Å²) in [5.74, 6) is 0.603. The SMILES string of the molecule is COCCOc1cccc(NC(=O)C2COCCN2)c1.Cl. The monoisotopic (exact) mass is 316 g/mol. The van der Waals surface area contributed by atoms with E-state index in [2.05, 4.69) is 10.6 Å². The Balaban J connectivity index is 0.00000220. The molecule has 1 aliphatic rings. The Morgan fingerprint density at radius 3 is 3.05 bits per heavy atom. The highest BCUT2D eigenvalue weighted by Crippen LogP contribution is 2.17. The van der Waals surface area contributed by atoms with Crippen LogP contribution in [0.25, 0.3) is 0 Å². The summed E-state index contributed by atoms with van der Waals surface area (Å²) in [7, 11) is 1.62. The molecule has 21 heavy (non-hydrogen) atoms. The van der Waals surface area contributed by atoms with E-state index >= 15 is 0 Å². The number of morpholine rings is 1. The molecule has 0 bridgehead atoms. The van der Waals surface area contributed by atoms with Crippen LogP contribution >= 0.6 is 12.4 Å². The fraction of sp³-hybridized carbons (Fsp3) is 0.500. The van der Waals surface area contributed by atoms with Crippen molar-refractivity contribution >= 4 is 24.0 Å². The molecule has 1 aromatic carbocycles. The molecule has 0 aliphatic carbocycles. The van der Waals surface area contributed by atoms with Crippen molar-refractivity contribution in [2.45, 2.75) is 6.04 Å². The lowest BCUT2D eigenvalue weighted by molar-refractivity contribution is -0.120. The van der Waals surface area contributed by atoms with Crippen LogP contribution in [0, 0.1) is 0 Å². The van der Waals surface area contributed by atoms with Crippen molar-refractivity contribution in [2.75, 3.05) is 45.4 Å². The third kappa shape index (κ3) is 5.89. The van der Waals surface area contributed by atoms with Crippen molar-refractivity contribution < 1.29 is 19.0 Å². The molecule has 1 fully saturated rings. The summed E-state index contributed by atoms with van der Waals surface area (Å²) in [6.45, 7) is 2.74. The molecular weight excluding hydrogens is 296 g/mol. The van der Waals surface area contributed by atoms with Gasteiger partial charge in [0.2, 0.25) is 5.91 Å². The van der Waals surface area contributed by atoms with E-state index in [9.17, 15) is 4.79 Å². The maximum Gasteiger partial charge on any atom is 0.243 e. The third-order valence-electron chi connectivity index (χ3n) is 2.90. The molecule has 1 saturated heterocycles. The molecule has 0 aromatic heterocycles. The van der Waals surface area contributed by atoms with Crippen molar-refractivity contribution in [3.05, 3.63) is 24.3 Å². The van der Waals surface area contributed by atoms with Crippen molar-refractivity contribution in [2.24, 2.45) is 0 Å². The Morgan fingerprint density at radius 2 is 2.33 bits per heavy atom. The van der Waals surface area contributed by atoms with Gasteiger partial charge in [0.05, 0.1) is 19.8 Å². The zero-order valence-corrected chi connectivity index (χ0v) is 12.8. The number of carbonyl (C=O) groups is 1. The number of anilines is 1. The zero-order valence-electron chi connectivity index (χ0n) is 12.0. The number of benzene rings is 1. The molecule has 1 heterocycles. The Kier molecular flexibility index (Phi) is 8.07. The number of hydrogen-bond donors (Lipinski definition) is 2. The smallest absolute Gasteiger partial charge is 0.243 e. The number of methoxy groups -OCH3 is 1. The van der Waals surface area contributed by atoms with Gasteiger partial charge in [0.15, 0.2) is 0 Å². The average molecular weight is 317 g/mol. The molecule has 2 rings (SSSR count). The standard InChI is InChI=1S/C14H20N2O4.ClH/c1-18-7-8-20-12-4-2-3-11(9-12)16-14(17)13-10-19-6-5-15-13;/h2-4,9,13,15H,5-8,10H2,1H3,(H,16,17);1H. The molecule has 118 valence electrons. The first-order valence-corrected chi connectivity index (χ1v) is 6.63. The van der Waals surface area contributed by atoms with Gasteiger partial charge in [-0.1, -0.05) is 6.07 Å². The predicted octanol–water partition coefficient (Wildman–Crippen LogP) is 1.06. The van der Waals surface area contributed by atoms with Crippen molar-refractivity contribution in [3.8, 4) is 5.75 Å². The van der Waals surface area contributed by atoms with Crippen LogP contribution in [0.5, 0.6) is 5.75 Å². The Labute approximate surface area is 130 Å². The van der Waals surface area contributed by atoms with Crippen LogP contribution in [0.1, 0.15) is 0 Å². The Hall–Kier alpha value is -1.34. The van der Waals surface area contributed by atoms with Gasteiger partial charge >= 0.3 is 0 Å². The van der Waals surface area contributed by atoms with E-state index in [-0.39, 0.29) is 24.4 Å². The quantitative estimate of drug-likeness (QED) is 0.768. The summed E-state index contributed by atoms with van der Waals surface area (Å²) in [4.78, 5) is 12.0. The minimum atomic E-state index is -0.304. The molecule has 0 saturated carbocycles. The van der Waals surface area contributed by atoms with E-state index in [1.54, 1.807) is 13.2 Å². The van der Waals surface area contributed by atoms with Crippen molar-refractivity contribution in [1.82, 2.24) is 5.32 Å². The molecule has 0 radical (unpaired) electrons. The molecule has 1 aromatic rings. The molecule has 1 atom stereocenters. The summed E-state index contributed by atoms with van der Waals surface area (Å²) < 4.78 is 15.7. The minimum absolute atomic E-state index is 0. The van der Waals surface area contributed by atoms with Gasteiger partial charge in [-0.25, -0.2) is 0 Å². The number of amides is 1. The number of ether oxygens (including phenoxy) is 3. The van der Waals surface area contributed by atoms with Gasteiger partial charge in [0.1, 0.15) is 18.4 Å². The highest BCUT2D eigenvalue weighted by Gasteiger charge is 2.21. The second kappa shape index (κ2) is 9.57. The van der Waals surface area contributed by atoms with Gasteiger partial charge in [-0.3, -0.25) is 4.79 Å². The van der Waals surface area contributed by atoms with Crippen LogP contribution in [0.4, 0.5) is 5.69 Å². The van der Waals surface area contributed by atoms with E-state index in [4.69, 9.17) is 14.2 Å². The van der Waals surface area contributed by atoms with Gasteiger partial charge in [0, 0.05) is 25.4 Å². The van der Waals surface area contributed by atoms with Crippen LogP contribution < -0.4 is 15.4 Å². The predicted molar refractivity (Wildman–Crippen MR) is 82.3 cm³/mol. The Bertz CT molecular complexity index is 439. The lowest BCUT2D eigenvalue weighted by Crippen LogP contribution is -2.48. The highest BCUT2D eigenvalue weighted by molar-refractivity contribution is 5.95. The molecule has 1 amide bonds. The maximum absolute atomic E-state index is 12.0. The summed E-state index contributed by atoms with van der Waals surface area (Å²) in [5, 5.41) is 5.96. The minimum Gasteiger partial charge on any atom is -0.491 e. The van der Waals surface area contributed by atoms with Crippen molar-refractivity contribution in [3.63, 3.8) is 0 Å². The lowest BCUT2D eigenvalue weighted by Gasteiger charge is -2.23. The summed E-state index contributed by atoms with van der Waals surface area (Å²) >= 11 is 0. The molecule has 7 heteroatoms. The van der Waals surface area contributed by atoms with Crippen LogP contribution in [0.2, 0.25) is 0 Å². The van der Waals surface area contributed by atoms with Gasteiger partial charge in [-0.15, -0.1) is 12.4 Å². The Morgan fingerprint density at radius 1 is 1.48 bits per heavy atom. The molecule has 6 nitrogen and oxygen atoms in total. The summed E-state index contributed by atoms with van der Waals surface area (Å²) in [5.41, 5.74) is 0.706. The first kappa shape index (κ1) is 17.7. The van der Waals surface area contributed by atoms with Crippen molar-refractivity contribution in [1.29, 1.82) is 0 Å². The van der Waals surface area contributed by atoms with Crippen LogP contribution in [0.3, 0.4) is 0 Å². The molecule has 1 unspecified atom stereocenters. The molecule has 2 N–H and O–H groups in total. The van der Waals surface area contributed by atoms with E-state index in [1.165, 1.54) is 0 Å². The maximum atomic E-state index is 12.0. The first-order chi connectivity index (χ1) is 9.79. The number of halogens is 1. The summed E-state index contributed by atoms with van der Waals surface area (Å²) in [6.07, 6.45) is 0. The first-order valence-electron chi connectivity index (χ1n) is 6.63. The number of nitrogens with one attached hydrogen (secondary N) is 2. The average Bonchev–Trinajstić information content (AvgIpc) is 2.49. The second-order valence-corrected chi connectivity index (χ2v) is 4.44. The van der Waals surface area contributed by atoms with Gasteiger partial charge in [-0.2, -0.15) is 0 Å². The van der Waals surface area contributed by atoms with Gasteiger partial charge in [0.25, 0.3) is 0 Å². The van der Waals surface area contributed by atoms with E-state index < -0.39 is 0 Å². The zero-order chi connectivity index (χ0) is 14.2. The highest BCUT2D eigenvalue weighted by atomic mass is 35.5.